The normalized spacial score (nSPS) is 11.7. The fourth-order valence-corrected chi connectivity index (χ4v) is 2.23. The topological polar surface area (TPSA) is 56.0 Å². The summed E-state index contributed by atoms with van der Waals surface area (Å²) in [6.45, 7) is 0.0645. The molecule has 102 valence electrons. The highest BCUT2D eigenvalue weighted by Crippen LogP contribution is 2.27. The number of nitrogens with one attached hydrogen (secondary N) is 1. The predicted octanol–water partition coefficient (Wildman–Crippen LogP) is 3.75. The van der Waals surface area contributed by atoms with Crippen LogP contribution in [0.15, 0.2) is 48.5 Å². The van der Waals surface area contributed by atoms with Gasteiger partial charge in [0.25, 0.3) is 0 Å². The Morgan fingerprint density at radius 1 is 1.20 bits per heavy atom. The predicted molar refractivity (Wildman–Crippen MR) is 80.7 cm³/mol. The summed E-state index contributed by atoms with van der Waals surface area (Å²) in [7, 11) is 0. The minimum absolute atomic E-state index is 0.0632. The van der Waals surface area contributed by atoms with E-state index in [0.29, 0.717) is 22.7 Å². The van der Waals surface area contributed by atoms with Crippen LogP contribution in [0.25, 0.3) is 0 Å². The summed E-state index contributed by atoms with van der Waals surface area (Å²) in [5.41, 5.74) is 2.28. The Hall–Kier alpha value is -2.02. The molecule has 1 atom stereocenters. The fourth-order valence-electron chi connectivity index (χ4n) is 2.06. The first-order valence-corrected chi connectivity index (χ1v) is 6.74. The highest BCUT2D eigenvalue weighted by molar-refractivity contribution is 6.30. The second-order valence-corrected chi connectivity index (χ2v) is 4.86. The smallest absolute Gasteiger partial charge is 0.101 e. The summed E-state index contributed by atoms with van der Waals surface area (Å²) in [5, 5.41) is 22.2. The van der Waals surface area contributed by atoms with Crippen LogP contribution in [0, 0.1) is 11.3 Å². The van der Waals surface area contributed by atoms with Crippen molar-refractivity contribution in [3.8, 4) is 6.07 Å². The lowest BCUT2D eigenvalue weighted by atomic mass is 10.0. The molecule has 0 aliphatic heterocycles. The zero-order valence-electron chi connectivity index (χ0n) is 10.9. The van der Waals surface area contributed by atoms with E-state index in [-0.39, 0.29) is 12.6 Å². The maximum atomic E-state index is 9.23. The third kappa shape index (κ3) is 3.51. The first-order chi connectivity index (χ1) is 9.74. The van der Waals surface area contributed by atoms with Crippen LogP contribution in [0.1, 0.15) is 23.6 Å². The van der Waals surface area contributed by atoms with E-state index in [1.807, 2.05) is 30.3 Å². The minimum atomic E-state index is -0.0632. The molecule has 1 unspecified atom stereocenters. The van der Waals surface area contributed by atoms with Gasteiger partial charge in [-0.3, -0.25) is 0 Å². The molecule has 2 aromatic carbocycles. The van der Waals surface area contributed by atoms with Gasteiger partial charge in [0.2, 0.25) is 0 Å². The maximum absolute atomic E-state index is 9.23. The summed E-state index contributed by atoms with van der Waals surface area (Å²) in [4.78, 5) is 0. The van der Waals surface area contributed by atoms with Gasteiger partial charge in [-0.15, -0.1) is 0 Å². The molecule has 0 bridgehead atoms. The molecule has 0 heterocycles. The molecule has 0 saturated heterocycles. The SMILES string of the molecule is N#Cc1ccc(Cl)cc1NC(CCO)c1ccccc1. The van der Waals surface area contributed by atoms with E-state index >= 15 is 0 Å². The van der Waals surface area contributed by atoms with Gasteiger partial charge in [0.1, 0.15) is 6.07 Å². The number of halogens is 1. The van der Waals surface area contributed by atoms with Crippen LogP contribution in [0.3, 0.4) is 0 Å². The molecule has 0 spiro atoms. The van der Waals surface area contributed by atoms with Gasteiger partial charge in [-0.1, -0.05) is 41.9 Å². The van der Waals surface area contributed by atoms with Gasteiger partial charge in [0.05, 0.1) is 17.3 Å². The van der Waals surface area contributed by atoms with Crippen LogP contribution in [-0.4, -0.2) is 11.7 Å². The number of nitriles is 1. The number of hydrogen-bond acceptors (Lipinski definition) is 3. The molecule has 4 heteroatoms. The number of hydrogen-bond donors (Lipinski definition) is 2. The molecule has 0 aromatic heterocycles. The van der Waals surface area contributed by atoms with E-state index in [1.54, 1.807) is 18.2 Å². The van der Waals surface area contributed by atoms with Gasteiger partial charge >= 0.3 is 0 Å². The average molecular weight is 287 g/mol. The standard InChI is InChI=1S/C16H15ClN2O/c17-14-7-6-13(11-18)16(10-14)19-15(8-9-20)12-4-2-1-3-5-12/h1-7,10,15,19-20H,8-9H2. The molecule has 3 nitrogen and oxygen atoms in total. The van der Waals surface area contributed by atoms with Crippen molar-refractivity contribution in [1.29, 1.82) is 5.26 Å². The third-order valence-electron chi connectivity index (χ3n) is 3.05. The van der Waals surface area contributed by atoms with Crippen LogP contribution < -0.4 is 5.32 Å². The molecule has 0 aliphatic rings. The summed E-state index contributed by atoms with van der Waals surface area (Å²) in [6.07, 6.45) is 0.557. The molecule has 2 aromatic rings. The summed E-state index contributed by atoms with van der Waals surface area (Å²) < 4.78 is 0. The fraction of sp³-hybridized carbons (Fsp3) is 0.188. The zero-order valence-corrected chi connectivity index (χ0v) is 11.6. The van der Waals surface area contributed by atoms with E-state index in [4.69, 9.17) is 16.9 Å². The molecule has 0 radical (unpaired) electrons. The highest BCUT2D eigenvalue weighted by Gasteiger charge is 2.13. The van der Waals surface area contributed by atoms with Crippen LogP contribution in [-0.2, 0) is 0 Å². The third-order valence-corrected chi connectivity index (χ3v) is 3.29. The number of aliphatic hydroxyl groups is 1. The molecule has 0 aliphatic carbocycles. The maximum Gasteiger partial charge on any atom is 0.101 e. The van der Waals surface area contributed by atoms with E-state index in [2.05, 4.69) is 11.4 Å². The number of anilines is 1. The van der Waals surface area contributed by atoms with Gasteiger partial charge in [0.15, 0.2) is 0 Å². The van der Waals surface area contributed by atoms with Crippen molar-refractivity contribution in [2.24, 2.45) is 0 Å². The van der Waals surface area contributed by atoms with Crippen LogP contribution >= 0.6 is 11.6 Å². The van der Waals surface area contributed by atoms with Crippen molar-refractivity contribution in [2.45, 2.75) is 12.5 Å². The second kappa shape index (κ2) is 6.95. The molecule has 0 saturated carbocycles. The van der Waals surface area contributed by atoms with E-state index in [9.17, 15) is 5.11 Å². The number of rotatable bonds is 5. The molecule has 20 heavy (non-hydrogen) atoms. The lowest BCUT2D eigenvalue weighted by molar-refractivity contribution is 0.280. The monoisotopic (exact) mass is 286 g/mol. The van der Waals surface area contributed by atoms with Gasteiger partial charge in [0, 0.05) is 11.6 Å². The van der Waals surface area contributed by atoms with Crippen molar-refractivity contribution < 1.29 is 5.11 Å². The first-order valence-electron chi connectivity index (χ1n) is 6.36. The van der Waals surface area contributed by atoms with E-state index in [0.717, 1.165) is 5.56 Å². The summed E-state index contributed by atoms with van der Waals surface area (Å²) in [5.74, 6) is 0. The minimum Gasteiger partial charge on any atom is -0.396 e. The largest absolute Gasteiger partial charge is 0.396 e. The second-order valence-electron chi connectivity index (χ2n) is 4.42. The molecular formula is C16H15ClN2O. The molecular weight excluding hydrogens is 272 g/mol. The van der Waals surface area contributed by atoms with Crippen LogP contribution in [0.2, 0.25) is 5.02 Å². The Morgan fingerprint density at radius 3 is 2.60 bits per heavy atom. The first kappa shape index (κ1) is 14.4. The summed E-state index contributed by atoms with van der Waals surface area (Å²) >= 11 is 5.98. The number of nitrogens with zero attached hydrogens (tertiary/aromatic N) is 1. The molecule has 2 rings (SSSR count). The van der Waals surface area contributed by atoms with Crippen molar-refractivity contribution in [2.75, 3.05) is 11.9 Å². The Morgan fingerprint density at radius 2 is 1.95 bits per heavy atom. The Labute approximate surface area is 123 Å². The summed E-state index contributed by atoms with van der Waals surface area (Å²) in [6, 6.07) is 17.0. The van der Waals surface area contributed by atoms with Gasteiger partial charge in [-0.25, -0.2) is 0 Å². The van der Waals surface area contributed by atoms with Crippen LogP contribution in [0.5, 0.6) is 0 Å². The zero-order chi connectivity index (χ0) is 14.4. The quantitative estimate of drug-likeness (QED) is 0.880. The Bertz CT molecular complexity index is 608. The Kier molecular flexibility index (Phi) is 5.00. The van der Waals surface area contributed by atoms with Gasteiger partial charge in [-0.05, 0) is 30.2 Å². The molecule has 0 fully saturated rings. The van der Waals surface area contributed by atoms with Crippen LogP contribution in [0.4, 0.5) is 5.69 Å². The van der Waals surface area contributed by atoms with Crippen molar-refractivity contribution in [1.82, 2.24) is 0 Å². The molecule has 0 amide bonds. The highest BCUT2D eigenvalue weighted by atomic mass is 35.5. The lowest BCUT2D eigenvalue weighted by Gasteiger charge is -2.20. The van der Waals surface area contributed by atoms with Gasteiger partial charge < -0.3 is 10.4 Å². The number of benzene rings is 2. The lowest BCUT2D eigenvalue weighted by Crippen LogP contribution is -2.13. The van der Waals surface area contributed by atoms with E-state index in [1.165, 1.54) is 0 Å². The van der Waals surface area contributed by atoms with Crippen molar-refractivity contribution >= 4 is 17.3 Å². The Balaban J connectivity index is 2.29. The van der Waals surface area contributed by atoms with Gasteiger partial charge in [-0.2, -0.15) is 5.26 Å². The average Bonchev–Trinajstić information content (AvgIpc) is 2.48. The number of aliphatic hydroxyl groups excluding tert-OH is 1. The van der Waals surface area contributed by atoms with Crippen molar-refractivity contribution in [3.05, 3.63) is 64.7 Å². The van der Waals surface area contributed by atoms with E-state index < -0.39 is 0 Å². The van der Waals surface area contributed by atoms with Crippen molar-refractivity contribution in [3.63, 3.8) is 0 Å². The molecule has 2 N–H and O–H groups in total.